The van der Waals surface area contributed by atoms with Gasteiger partial charge in [-0.15, -0.1) is 12.4 Å². The zero-order valence-corrected chi connectivity index (χ0v) is 12.9. The Bertz CT molecular complexity index is 442. The van der Waals surface area contributed by atoms with Crippen LogP contribution >= 0.6 is 12.4 Å². The second-order valence-electron chi connectivity index (χ2n) is 6.01. The third kappa shape index (κ3) is 3.72. The van der Waals surface area contributed by atoms with Crippen LogP contribution in [0.3, 0.4) is 0 Å². The second kappa shape index (κ2) is 6.88. The first-order valence-corrected chi connectivity index (χ1v) is 7.45. The van der Waals surface area contributed by atoms with Crippen molar-refractivity contribution in [2.75, 3.05) is 26.2 Å². The minimum atomic E-state index is -0.0326. The molecule has 0 spiro atoms. The van der Waals surface area contributed by atoms with Gasteiger partial charge < -0.3 is 5.32 Å². The van der Waals surface area contributed by atoms with E-state index in [2.05, 4.69) is 17.1 Å². The van der Waals surface area contributed by atoms with Crippen molar-refractivity contribution in [2.45, 2.75) is 32.2 Å². The van der Waals surface area contributed by atoms with E-state index in [1.54, 1.807) is 6.07 Å². The van der Waals surface area contributed by atoms with Gasteiger partial charge in [0.25, 0.3) is 0 Å². The highest BCUT2D eigenvalue weighted by Gasteiger charge is 2.31. The number of benzene rings is 1. The minimum absolute atomic E-state index is 0. The fourth-order valence-electron chi connectivity index (χ4n) is 3.05. The van der Waals surface area contributed by atoms with Crippen LogP contribution in [-0.2, 0) is 0 Å². The van der Waals surface area contributed by atoms with Gasteiger partial charge in [0.1, 0.15) is 5.82 Å². The summed E-state index contributed by atoms with van der Waals surface area (Å²) in [6, 6.07) is 5.82. The molecule has 4 heteroatoms. The quantitative estimate of drug-likeness (QED) is 0.917. The van der Waals surface area contributed by atoms with E-state index in [9.17, 15) is 4.39 Å². The van der Waals surface area contributed by atoms with Gasteiger partial charge in [-0.2, -0.15) is 0 Å². The summed E-state index contributed by atoms with van der Waals surface area (Å²) in [5.74, 6) is 0.787. The zero-order valence-electron chi connectivity index (χ0n) is 12.1. The Hall–Kier alpha value is -0.640. The number of hydrogen-bond acceptors (Lipinski definition) is 2. The van der Waals surface area contributed by atoms with Crippen molar-refractivity contribution in [2.24, 2.45) is 5.92 Å². The van der Waals surface area contributed by atoms with Crippen molar-refractivity contribution < 1.29 is 4.39 Å². The third-order valence-corrected chi connectivity index (χ3v) is 4.36. The molecule has 0 aromatic heterocycles. The van der Waals surface area contributed by atoms with Crippen LogP contribution in [0.15, 0.2) is 18.2 Å². The van der Waals surface area contributed by atoms with E-state index < -0.39 is 0 Å². The highest BCUT2D eigenvalue weighted by atomic mass is 35.5. The first-order valence-electron chi connectivity index (χ1n) is 7.45. The van der Waals surface area contributed by atoms with Crippen LogP contribution in [0.1, 0.15) is 36.4 Å². The number of nitrogens with one attached hydrogen (secondary N) is 1. The van der Waals surface area contributed by atoms with Gasteiger partial charge in [-0.05, 0) is 25.3 Å². The summed E-state index contributed by atoms with van der Waals surface area (Å²) in [5, 5.41) is 3.38. The largest absolute Gasteiger partial charge is 0.314 e. The molecule has 2 fully saturated rings. The molecule has 1 heterocycles. The molecule has 2 nitrogen and oxygen atoms in total. The molecule has 1 aromatic rings. The highest BCUT2D eigenvalue weighted by molar-refractivity contribution is 5.85. The van der Waals surface area contributed by atoms with Gasteiger partial charge in [0.15, 0.2) is 0 Å². The van der Waals surface area contributed by atoms with Gasteiger partial charge in [0.05, 0.1) is 0 Å². The van der Waals surface area contributed by atoms with Crippen molar-refractivity contribution in [1.82, 2.24) is 10.2 Å². The van der Waals surface area contributed by atoms with E-state index in [1.807, 2.05) is 12.1 Å². The molecule has 3 rings (SSSR count). The molecule has 0 unspecified atom stereocenters. The van der Waals surface area contributed by atoms with Crippen molar-refractivity contribution >= 4 is 12.4 Å². The Balaban J connectivity index is 0.00000147. The Morgan fingerprint density at radius 2 is 2.00 bits per heavy atom. The van der Waals surface area contributed by atoms with E-state index in [4.69, 9.17) is 0 Å². The first-order chi connectivity index (χ1) is 9.24. The molecule has 1 aliphatic carbocycles. The van der Waals surface area contributed by atoms with Crippen molar-refractivity contribution in [3.05, 3.63) is 35.1 Å². The SMILES string of the molecule is Cc1ccc(F)c([C@@H](CC2CC2)N2CCNCC2)c1.Cl. The molecule has 1 saturated heterocycles. The van der Waals surface area contributed by atoms with Crippen LogP contribution < -0.4 is 5.32 Å². The Morgan fingerprint density at radius 1 is 1.30 bits per heavy atom. The fourth-order valence-corrected chi connectivity index (χ4v) is 3.05. The summed E-state index contributed by atoms with van der Waals surface area (Å²) < 4.78 is 14.2. The van der Waals surface area contributed by atoms with Crippen LogP contribution in [0.5, 0.6) is 0 Å². The van der Waals surface area contributed by atoms with E-state index in [-0.39, 0.29) is 24.3 Å². The van der Waals surface area contributed by atoms with Crippen LogP contribution in [0.2, 0.25) is 0 Å². The standard InChI is InChI=1S/C16H23FN2.ClH/c1-12-2-5-15(17)14(10-12)16(11-13-3-4-13)19-8-6-18-7-9-19;/h2,5,10,13,16,18H,3-4,6-9,11H2,1H3;1H/t16-;/m1./s1. The summed E-state index contributed by atoms with van der Waals surface area (Å²) in [7, 11) is 0. The number of hydrogen-bond donors (Lipinski definition) is 1. The third-order valence-electron chi connectivity index (χ3n) is 4.36. The molecular formula is C16H24ClFN2. The molecule has 1 aliphatic heterocycles. The molecule has 20 heavy (non-hydrogen) atoms. The number of aryl methyl sites for hydroxylation is 1. The van der Waals surface area contributed by atoms with E-state index in [0.29, 0.717) is 0 Å². The van der Waals surface area contributed by atoms with Crippen molar-refractivity contribution in [3.8, 4) is 0 Å². The van der Waals surface area contributed by atoms with Gasteiger partial charge in [-0.25, -0.2) is 4.39 Å². The van der Waals surface area contributed by atoms with Gasteiger partial charge in [0.2, 0.25) is 0 Å². The van der Waals surface area contributed by atoms with Crippen LogP contribution in [0.25, 0.3) is 0 Å². The van der Waals surface area contributed by atoms with Gasteiger partial charge in [0, 0.05) is 37.8 Å². The summed E-state index contributed by atoms with van der Waals surface area (Å²) in [6.07, 6.45) is 3.78. The lowest BCUT2D eigenvalue weighted by atomic mass is 9.96. The van der Waals surface area contributed by atoms with E-state index in [0.717, 1.165) is 49.6 Å². The number of piperazine rings is 1. The number of nitrogens with zero attached hydrogens (tertiary/aromatic N) is 1. The smallest absolute Gasteiger partial charge is 0.128 e. The highest BCUT2D eigenvalue weighted by Crippen LogP contribution is 2.40. The summed E-state index contributed by atoms with van der Waals surface area (Å²) in [5.41, 5.74) is 2.07. The Labute approximate surface area is 127 Å². The van der Waals surface area contributed by atoms with Crippen LogP contribution in [0, 0.1) is 18.7 Å². The molecule has 112 valence electrons. The topological polar surface area (TPSA) is 15.3 Å². The summed E-state index contributed by atoms with van der Waals surface area (Å²) in [6.45, 7) is 6.16. The predicted molar refractivity (Wildman–Crippen MR) is 82.9 cm³/mol. The number of rotatable bonds is 4. The lowest BCUT2D eigenvalue weighted by Gasteiger charge is -2.35. The number of halogens is 2. The normalized spacial score (nSPS) is 21.3. The summed E-state index contributed by atoms with van der Waals surface area (Å²) in [4.78, 5) is 2.46. The minimum Gasteiger partial charge on any atom is -0.314 e. The zero-order chi connectivity index (χ0) is 13.2. The lowest BCUT2D eigenvalue weighted by Crippen LogP contribution is -2.45. The molecule has 0 radical (unpaired) electrons. The summed E-state index contributed by atoms with van der Waals surface area (Å²) >= 11 is 0. The van der Waals surface area contributed by atoms with Gasteiger partial charge >= 0.3 is 0 Å². The van der Waals surface area contributed by atoms with Gasteiger partial charge in [-0.1, -0.05) is 30.5 Å². The Morgan fingerprint density at radius 3 is 2.65 bits per heavy atom. The maximum atomic E-state index is 14.2. The average Bonchev–Trinajstić information content (AvgIpc) is 3.24. The molecule has 2 aliphatic rings. The molecule has 1 aromatic carbocycles. The van der Waals surface area contributed by atoms with Crippen LogP contribution in [-0.4, -0.2) is 31.1 Å². The van der Waals surface area contributed by atoms with E-state index in [1.165, 1.54) is 12.8 Å². The van der Waals surface area contributed by atoms with Crippen molar-refractivity contribution in [1.29, 1.82) is 0 Å². The lowest BCUT2D eigenvalue weighted by molar-refractivity contribution is 0.157. The molecule has 1 N–H and O–H groups in total. The molecule has 1 atom stereocenters. The predicted octanol–water partition coefficient (Wildman–Crippen LogP) is 3.30. The monoisotopic (exact) mass is 298 g/mol. The van der Waals surface area contributed by atoms with Crippen LogP contribution in [0.4, 0.5) is 4.39 Å². The molecule has 1 saturated carbocycles. The first kappa shape index (κ1) is 15.7. The average molecular weight is 299 g/mol. The Kier molecular flexibility index (Phi) is 5.42. The maximum absolute atomic E-state index is 14.2. The van der Waals surface area contributed by atoms with E-state index >= 15 is 0 Å². The molecule has 0 amide bonds. The van der Waals surface area contributed by atoms with Gasteiger partial charge in [-0.3, -0.25) is 4.90 Å². The molecular weight excluding hydrogens is 275 g/mol. The second-order valence-corrected chi connectivity index (χ2v) is 6.01. The van der Waals surface area contributed by atoms with Crippen molar-refractivity contribution in [3.63, 3.8) is 0 Å². The maximum Gasteiger partial charge on any atom is 0.128 e. The fraction of sp³-hybridized carbons (Fsp3) is 0.625. The molecule has 0 bridgehead atoms.